The van der Waals surface area contributed by atoms with Gasteiger partial charge in [-0.25, -0.2) is 0 Å². The third-order valence-electron chi connectivity index (χ3n) is 3.44. The predicted molar refractivity (Wildman–Crippen MR) is 96.1 cm³/mol. The van der Waals surface area contributed by atoms with Crippen molar-refractivity contribution in [1.82, 2.24) is 0 Å². The van der Waals surface area contributed by atoms with Crippen LogP contribution in [0, 0.1) is 11.3 Å². The van der Waals surface area contributed by atoms with Gasteiger partial charge < -0.3 is 4.18 Å². The van der Waals surface area contributed by atoms with Crippen LogP contribution in [0.1, 0.15) is 11.1 Å². The first-order valence-corrected chi connectivity index (χ1v) is 9.44. The number of hydrogen-bond donors (Lipinski definition) is 0. The highest BCUT2D eigenvalue weighted by Gasteiger charge is 2.17. The van der Waals surface area contributed by atoms with Crippen LogP contribution < -0.4 is 4.18 Å². The monoisotopic (exact) mass is 401 g/mol. The van der Waals surface area contributed by atoms with Crippen LogP contribution in [-0.4, -0.2) is 8.42 Å². The summed E-state index contributed by atoms with van der Waals surface area (Å²) in [6.45, 7) is 0. The summed E-state index contributed by atoms with van der Waals surface area (Å²) in [5.41, 5.74) is 0.917. The van der Waals surface area contributed by atoms with Crippen LogP contribution in [0.4, 0.5) is 0 Å². The molecule has 3 aromatic carbocycles. The molecule has 0 spiro atoms. The highest BCUT2D eigenvalue weighted by atomic mass is 79.9. The smallest absolute Gasteiger partial charge is 0.313 e. The normalized spacial score (nSPS) is 11.2. The Balaban J connectivity index is 1.89. The van der Waals surface area contributed by atoms with Gasteiger partial charge in [-0.1, -0.05) is 42.5 Å². The van der Waals surface area contributed by atoms with Crippen molar-refractivity contribution < 1.29 is 12.6 Å². The Morgan fingerprint density at radius 2 is 1.83 bits per heavy atom. The summed E-state index contributed by atoms with van der Waals surface area (Å²) in [6.07, 6.45) is 0. The van der Waals surface area contributed by atoms with Gasteiger partial charge in [-0.15, -0.1) is 0 Å². The first-order valence-electron chi connectivity index (χ1n) is 7.07. The third-order valence-corrected chi connectivity index (χ3v) is 5.38. The molecule has 24 heavy (non-hydrogen) atoms. The molecule has 6 heteroatoms. The Hall–Kier alpha value is -2.36. The number of halogens is 1. The summed E-state index contributed by atoms with van der Waals surface area (Å²) < 4.78 is 30.5. The van der Waals surface area contributed by atoms with E-state index in [1.807, 2.05) is 30.3 Å². The van der Waals surface area contributed by atoms with Crippen molar-refractivity contribution in [2.75, 3.05) is 0 Å². The molecule has 0 bridgehead atoms. The van der Waals surface area contributed by atoms with Gasteiger partial charge in [-0.3, -0.25) is 0 Å². The lowest BCUT2D eigenvalue weighted by molar-refractivity contribution is 0.484. The Kier molecular flexibility index (Phi) is 4.56. The Morgan fingerprint density at radius 3 is 2.62 bits per heavy atom. The molecule has 0 saturated heterocycles. The fourth-order valence-corrected chi connectivity index (χ4v) is 4.12. The average Bonchev–Trinajstić information content (AvgIpc) is 2.57. The van der Waals surface area contributed by atoms with E-state index in [-0.39, 0.29) is 11.5 Å². The summed E-state index contributed by atoms with van der Waals surface area (Å²) in [6, 6.07) is 19.5. The lowest BCUT2D eigenvalue weighted by atomic mass is 10.1. The molecule has 0 aliphatic rings. The van der Waals surface area contributed by atoms with E-state index in [0.29, 0.717) is 15.6 Å². The number of nitriles is 1. The quantitative estimate of drug-likeness (QED) is 0.608. The van der Waals surface area contributed by atoms with Crippen LogP contribution >= 0.6 is 15.9 Å². The van der Waals surface area contributed by atoms with E-state index >= 15 is 0 Å². The molecule has 0 atom stereocenters. The van der Waals surface area contributed by atoms with Crippen molar-refractivity contribution in [2.24, 2.45) is 0 Å². The number of benzene rings is 3. The van der Waals surface area contributed by atoms with Crippen LogP contribution in [0.2, 0.25) is 0 Å². The summed E-state index contributed by atoms with van der Waals surface area (Å²) >= 11 is 3.41. The van der Waals surface area contributed by atoms with Crippen LogP contribution in [-0.2, 0) is 15.9 Å². The van der Waals surface area contributed by atoms with Crippen molar-refractivity contribution in [3.05, 3.63) is 76.3 Å². The number of nitrogens with zero attached hydrogens (tertiary/aromatic N) is 1. The molecule has 3 aromatic rings. The lowest BCUT2D eigenvalue weighted by Gasteiger charge is -2.10. The van der Waals surface area contributed by atoms with Crippen LogP contribution in [0.5, 0.6) is 5.75 Å². The molecule has 0 aliphatic carbocycles. The van der Waals surface area contributed by atoms with Crippen LogP contribution in [0.15, 0.2) is 65.1 Å². The molecule has 0 N–H and O–H groups in total. The van der Waals surface area contributed by atoms with Gasteiger partial charge in [0.25, 0.3) is 0 Å². The van der Waals surface area contributed by atoms with Gasteiger partial charge in [0.1, 0.15) is 5.75 Å². The highest BCUT2D eigenvalue weighted by Crippen LogP contribution is 2.34. The lowest BCUT2D eigenvalue weighted by Crippen LogP contribution is -2.12. The topological polar surface area (TPSA) is 67.2 Å². The molecule has 0 saturated carbocycles. The zero-order chi connectivity index (χ0) is 17.2. The van der Waals surface area contributed by atoms with Crippen molar-refractivity contribution >= 4 is 36.8 Å². The van der Waals surface area contributed by atoms with Crippen LogP contribution in [0.3, 0.4) is 0 Å². The SMILES string of the molecule is N#Cc1cccc(CS(=O)(=O)Oc2ccc3ccccc3c2Br)c1. The second-order valence-electron chi connectivity index (χ2n) is 5.20. The number of hydrogen-bond acceptors (Lipinski definition) is 4. The summed E-state index contributed by atoms with van der Waals surface area (Å²) in [5.74, 6) is -0.0629. The van der Waals surface area contributed by atoms with Gasteiger partial charge in [0.05, 0.1) is 16.1 Å². The molecule has 0 radical (unpaired) electrons. The first-order chi connectivity index (χ1) is 11.5. The maximum absolute atomic E-state index is 12.3. The maximum Gasteiger partial charge on any atom is 0.313 e. The zero-order valence-corrected chi connectivity index (χ0v) is 14.8. The van der Waals surface area contributed by atoms with Crippen molar-refractivity contribution in [1.29, 1.82) is 5.26 Å². The molecule has 3 rings (SSSR count). The molecule has 0 amide bonds. The fraction of sp³-hybridized carbons (Fsp3) is 0.0556. The molecule has 0 unspecified atom stereocenters. The molecule has 0 aliphatic heterocycles. The van der Waals surface area contributed by atoms with E-state index in [1.165, 1.54) is 6.07 Å². The van der Waals surface area contributed by atoms with E-state index in [0.717, 1.165) is 10.8 Å². The number of fused-ring (bicyclic) bond motifs is 1. The number of rotatable bonds is 4. The van der Waals surface area contributed by atoms with Gasteiger partial charge in [-0.05, 0) is 50.5 Å². The van der Waals surface area contributed by atoms with Crippen LogP contribution in [0.25, 0.3) is 10.8 Å². The zero-order valence-electron chi connectivity index (χ0n) is 12.4. The molecular weight excluding hydrogens is 390 g/mol. The van der Waals surface area contributed by atoms with E-state index in [9.17, 15) is 8.42 Å². The minimum absolute atomic E-state index is 0.241. The highest BCUT2D eigenvalue weighted by molar-refractivity contribution is 9.10. The fourth-order valence-electron chi connectivity index (χ4n) is 2.38. The second-order valence-corrected chi connectivity index (χ2v) is 7.56. The summed E-state index contributed by atoms with van der Waals surface area (Å²) in [4.78, 5) is 0. The molecule has 0 fully saturated rings. The minimum atomic E-state index is -3.84. The Labute approximate surface area is 148 Å². The van der Waals surface area contributed by atoms with E-state index in [1.54, 1.807) is 30.3 Å². The molecule has 120 valence electrons. The standard InChI is InChI=1S/C18H12BrNO3S/c19-18-16-7-2-1-6-15(16)8-9-17(18)23-24(21,22)12-14-5-3-4-13(10-14)11-20/h1-10H,12H2. The van der Waals surface area contributed by atoms with Gasteiger partial charge in [-0.2, -0.15) is 13.7 Å². The van der Waals surface area contributed by atoms with Gasteiger partial charge >= 0.3 is 10.1 Å². The molecule has 0 aromatic heterocycles. The summed E-state index contributed by atoms with van der Waals surface area (Å²) in [7, 11) is -3.84. The van der Waals surface area contributed by atoms with E-state index < -0.39 is 10.1 Å². The largest absolute Gasteiger partial charge is 0.381 e. The molecule has 4 nitrogen and oxygen atoms in total. The molecule has 0 heterocycles. The van der Waals surface area contributed by atoms with E-state index in [4.69, 9.17) is 9.44 Å². The van der Waals surface area contributed by atoms with Gasteiger partial charge in [0, 0.05) is 0 Å². The van der Waals surface area contributed by atoms with Crippen molar-refractivity contribution in [3.8, 4) is 11.8 Å². The average molecular weight is 402 g/mol. The Bertz CT molecular complexity index is 1060. The van der Waals surface area contributed by atoms with Gasteiger partial charge in [0.15, 0.2) is 5.75 Å². The van der Waals surface area contributed by atoms with E-state index in [2.05, 4.69) is 15.9 Å². The molecular formula is C18H12BrNO3S. The second kappa shape index (κ2) is 6.63. The maximum atomic E-state index is 12.3. The van der Waals surface area contributed by atoms with Crippen molar-refractivity contribution in [3.63, 3.8) is 0 Å². The van der Waals surface area contributed by atoms with Crippen molar-refractivity contribution in [2.45, 2.75) is 5.75 Å². The third kappa shape index (κ3) is 3.58. The minimum Gasteiger partial charge on any atom is -0.381 e. The Morgan fingerprint density at radius 1 is 1.04 bits per heavy atom. The predicted octanol–water partition coefficient (Wildman–Crippen LogP) is 4.38. The van der Waals surface area contributed by atoms with Gasteiger partial charge in [0.2, 0.25) is 0 Å². The first kappa shape index (κ1) is 16.5. The summed E-state index contributed by atoms with van der Waals surface area (Å²) in [5, 5.41) is 10.7.